The normalized spacial score (nSPS) is 12.6. The van der Waals surface area contributed by atoms with E-state index in [2.05, 4.69) is 30.3 Å². The third kappa shape index (κ3) is 4.02. The molecule has 90 valence electrons. The van der Waals surface area contributed by atoms with Gasteiger partial charge in [-0.1, -0.05) is 41.9 Å². The van der Waals surface area contributed by atoms with Crippen molar-refractivity contribution in [2.24, 2.45) is 5.92 Å². The smallest absolute Gasteiger partial charge is 0.0931 e. The second kappa shape index (κ2) is 6.44. The average molecular weight is 285 g/mol. The van der Waals surface area contributed by atoms with E-state index >= 15 is 0 Å². The van der Waals surface area contributed by atoms with Crippen LogP contribution in [0.3, 0.4) is 0 Å². The van der Waals surface area contributed by atoms with Crippen molar-refractivity contribution in [3.8, 4) is 0 Å². The quantitative estimate of drug-likeness (QED) is 0.675. The molecule has 1 heterocycles. The predicted molar refractivity (Wildman–Crippen MR) is 77.4 cm³/mol. The zero-order chi connectivity index (χ0) is 12.1. The number of halogens is 2. The Hall–Kier alpha value is -0.500. The highest BCUT2D eigenvalue weighted by atomic mass is 35.5. The number of hydrogen-bond acceptors (Lipinski definition) is 1. The van der Waals surface area contributed by atoms with Gasteiger partial charge in [0.05, 0.1) is 4.34 Å². The maximum atomic E-state index is 6.05. The fourth-order valence-electron chi connectivity index (χ4n) is 1.87. The molecule has 0 amide bonds. The fraction of sp³-hybridized carbons (Fsp3) is 0.286. The lowest BCUT2D eigenvalue weighted by molar-refractivity contribution is 0.589. The van der Waals surface area contributed by atoms with Crippen LogP contribution in [0.5, 0.6) is 0 Å². The van der Waals surface area contributed by atoms with Crippen molar-refractivity contribution in [2.45, 2.75) is 12.8 Å². The minimum atomic E-state index is 0.480. The summed E-state index contributed by atoms with van der Waals surface area (Å²) >= 11 is 13.6. The lowest BCUT2D eigenvalue weighted by atomic mass is 9.97. The van der Waals surface area contributed by atoms with Crippen molar-refractivity contribution in [1.29, 1.82) is 0 Å². The molecule has 0 nitrogen and oxygen atoms in total. The molecule has 1 unspecified atom stereocenters. The van der Waals surface area contributed by atoms with Gasteiger partial charge in [-0.2, -0.15) is 0 Å². The van der Waals surface area contributed by atoms with Crippen molar-refractivity contribution in [2.75, 3.05) is 5.88 Å². The summed E-state index contributed by atoms with van der Waals surface area (Å²) < 4.78 is 0.855. The molecule has 0 aliphatic carbocycles. The molecule has 17 heavy (non-hydrogen) atoms. The van der Waals surface area contributed by atoms with Crippen molar-refractivity contribution in [1.82, 2.24) is 0 Å². The first-order valence-electron chi connectivity index (χ1n) is 5.62. The molecule has 0 radical (unpaired) electrons. The molecule has 1 aromatic carbocycles. The van der Waals surface area contributed by atoms with Crippen LogP contribution >= 0.6 is 34.5 Å². The standard InChI is InChI=1S/C14H14Cl2S/c15-10-12(8-11-4-2-1-3-5-11)9-13-6-7-14(16)17-13/h1-7,12H,8-10H2. The van der Waals surface area contributed by atoms with E-state index < -0.39 is 0 Å². The average Bonchev–Trinajstić information content (AvgIpc) is 2.75. The summed E-state index contributed by atoms with van der Waals surface area (Å²) in [5.74, 6) is 1.17. The molecule has 2 rings (SSSR count). The van der Waals surface area contributed by atoms with Gasteiger partial charge in [-0.3, -0.25) is 0 Å². The zero-order valence-corrected chi connectivity index (χ0v) is 11.7. The highest BCUT2D eigenvalue weighted by Gasteiger charge is 2.11. The second-order valence-corrected chi connectivity index (χ2v) is 6.23. The van der Waals surface area contributed by atoms with Gasteiger partial charge in [0.2, 0.25) is 0 Å². The molecule has 0 N–H and O–H groups in total. The highest BCUT2D eigenvalue weighted by molar-refractivity contribution is 7.16. The Bertz CT molecular complexity index is 450. The monoisotopic (exact) mass is 284 g/mol. The van der Waals surface area contributed by atoms with Gasteiger partial charge in [-0.05, 0) is 36.5 Å². The van der Waals surface area contributed by atoms with Crippen LogP contribution < -0.4 is 0 Å². The van der Waals surface area contributed by atoms with Crippen LogP contribution in [-0.4, -0.2) is 5.88 Å². The summed E-state index contributed by atoms with van der Waals surface area (Å²) in [7, 11) is 0. The van der Waals surface area contributed by atoms with Gasteiger partial charge >= 0.3 is 0 Å². The molecule has 0 fully saturated rings. The molecular formula is C14H14Cl2S. The number of alkyl halides is 1. The summed E-state index contributed by atoms with van der Waals surface area (Å²) in [6.45, 7) is 0. The molecule has 2 aromatic rings. The van der Waals surface area contributed by atoms with E-state index in [1.807, 2.05) is 12.1 Å². The summed E-state index contributed by atoms with van der Waals surface area (Å²) in [5.41, 5.74) is 1.35. The molecule has 0 saturated carbocycles. The molecule has 3 heteroatoms. The largest absolute Gasteiger partial charge is 0.128 e. The lowest BCUT2D eigenvalue weighted by Gasteiger charge is -2.12. The molecule has 1 atom stereocenters. The van der Waals surface area contributed by atoms with E-state index in [0.29, 0.717) is 11.8 Å². The third-order valence-corrected chi connectivity index (χ3v) is 4.39. The maximum absolute atomic E-state index is 6.05. The van der Waals surface area contributed by atoms with Gasteiger partial charge in [0, 0.05) is 10.8 Å². The Kier molecular flexibility index (Phi) is 4.90. The van der Waals surface area contributed by atoms with E-state index in [1.54, 1.807) is 11.3 Å². The van der Waals surface area contributed by atoms with Crippen LogP contribution in [-0.2, 0) is 12.8 Å². The number of thiophene rings is 1. The molecule has 0 spiro atoms. The van der Waals surface area contributed by atoms with Gasteiger partial charge in [-0.25, -0.2) is 0 Å². The van der Waals surface area contributed by atoms with Crippen molar-refractivity contribution >= 4 is 34.5 Å². The minimum Gasteiger partial charge on any atom is -0.128 e. The first-order chi connectivity index (χ1) is 8.28. The molecule has 0 aliphatic heterocycles. The Balaban J connectivity index is 1.98. The Morgan fingerprint density at radius 2 is 1.76 bits per heavy atom. The first kappa shape index (κ1) is 12.9. The van der Waals surface area contributed by atoms with E-state index in [0.717, 1.165) is 17.2 Å². The predicted octanol–water partition coefficient (Wildman–Crippen LogP) is 5.04. The van der Waals surface area contributed by atoms with E-state index in [-0.39, 0.29) is 0 Å². The van der Waals surface area contributed by atoms with Crippen molar-refractivity contribution in [3.63, 3.8) is 0 Å². The Labute approximate surface area is 116 Å². The summed E-state index contributed by atoms with van der Waals surface area (Å²) in [5, 5.41) is 0. The van der Waals surface area contributed by atoms with Gasteiger partial charge in [-0.15, -0.1) is 22.9 Å². The summed E-state index contributed by atoms with van der Waals surface area (Å²) in [6.07, 6.45) is 2.04. The van der Waals surface area contributed by atoms with E-state index in [1.165, 1.54) is 10.4 Å². The highest BCUT2D eigenvalue weighted by Crippen LogP contribution is 2.25. The number of benzene rings is 1. The minimum absolute atomic E-state index is 0.480. The van der Waals surface area contributed by atoms with Crippen molar-refractivity contribution in [3.05, 3.63) is 57.2 Å². The molecule has 0 bridgehead atoms. The maximum Gasteiger partial charge on any atom is 0.0931 e. The van der Waals surface area contributed by atoms with Crippen LogP contribution in [0.25, 0.3) is 0 Å². The Morgan fingerprint density at radius 3 is 2.35 bits per heavy atom. The van der Waals surface area contributed by atoms with E-state index in [4.69, 9.17) is 23.2 Å². The van der Waals surface area contributed by atoms with Crippen LogP contribution in [0.1, 0.15) is 10.4 Å². The molecular weight excluding hydrogens is 271 g/mol. The van der Waals surface area contributed by atoms with Crippen molar-refractivity contribution < 1.29 is 0 Å². The molecule has 1 aromatic heterocycles. The SMILES string of the molecule is ClCC(Cc1ccccc1)Cc1ccc(Cl)s1. The van der Waals surface area contributed by atoms with Crippen LogP contribution in [0.15, 0.2) is 42.5 Å². The van der Waals surface area contributed by atoms with Gasteiger partial charge in [0.25, 0.3) is 0 Å². The summed E-state index contributed by atoms with van der Waals surface area (Å²) in [6, 6.07) is 14.5. The summed E-state index contributed by atoms with van der Waals surface area (Å²) in [4.78, 5) is 1.32. The number of hydrogen-bond donors (Lipinski definition) is 0. The van der Waals surface area contributed by atoms with E-state index in [9.17, 15) is 0 Å². The molecule has 0 aliphatic rings. The van der Waals surface area contributed by atoms with Gasteiger partial charge in [0.1, 0.15) is 0 Å². The van der Waals surface area contributed by atoms with Crippen LogP contribution in [0, 0.1) is 5.92 Å². The third-order valence-electron chi connectivity index (χ3n) is 2.70. The lowest BCUT2D eigenvalue weighted by Crippen LogP contribution is -2.09. The topological polar surface area (TPSA) is 0 Å². The van der Waals surface area contributed by atoms with Gasteiger partial charge in [0.15, 0.2) is 0 Å². The van der Waals surface area contributed by atoms with Gasteiger partial charge < -0.3 is 0 Å². The second-order valence-electron chi connectivity index (χ2n) is 4.12. The van der Waals surface area contributed by atoms with Crippen LogP contribution in [0.2, 0.25) is 4.34 Å². The fourth-order valence-corrected chi connectivity index (χ4v) is 3.29. The first-order valence-corrected chi connectivity index (χ1v) is 7.35. The molecule has 0 saturated heterocycles. The van der Waals surface area contributed by atoms with Crippen LogP contribution in [0.4, 0.5) is 0 Å². The zero-order valence-electron chi connectivity index (χ0n) is 9.40. The number of rotatable bonds is 5. The Morgan fingerprint density at radius 1 is 1.00 bits per heavy atom.